The van der Waals surface area contributed by atoms with Crippen molar-refractivity contribution in [1.82, 2.24) is 5.01 Å². The van der Waals surface area contributed by atoms with Crippen LogP contribution >= 0.6 is 0 Å². The fraction of sp³-hybridized carbons (Fsp3) is 0.846. The molecule has 176 valence electrons. The molecule has 0 aliphatic heterocycles. The van der Waals surface area contributed by atoms with Crippen LogP contribution in [0.4, 0.5) is 0 Å². The van der Waals surface area contributed by atoms with E-state index in [1.807, 2.05) is 18.3 Å². The Morgan fingerprint density at radius 2 is 1.47 bits per heavy atom. The van der Waals surface area contributed by atoms with Crippen molar-refractivity contribution in [2.45, 2.75) is 129 Å². The Morgan fingerprint density at radius 3 is 2.03 bits per heavy atom. The van der Waals surface area contributed by atoms with Gasteiger partial charge in [-0.15, -0.1) is 0 Å². The molecule has 0 amide bonds. The minimum atomic E-state index is -1.44. The van der Waals surface area contributed by atoms with Crippen LogP contribution in [0, 0.1) is 5.92 Å². The Hall–Kier alpha value is -0.583. The van der Waals surface area contributed by atoms with E-state index in [-0.39, 0.29) is 0 Å². The maximum atomic E-state index is 6.15. The lowest BCUT2D eigenvalue weighted by Gasteiger charge is -2.29. The monoisotopic (exact) mass is 436 g/mol. The van der Waals surface area contributed by atoms with Gasteiger partial charge >= 0.3 is 0 Å². The molecule has 0 radical (unpaired) electrons. The fourth-order valence-corrected chi connectivity index (χ4v) is 8.78. The molecular weight excluding hydrogens is 384 g/mol. The molecule has 0 bridgehead atoms. The first-order valence-corrected chi connectivity index (χ1v) is 15.6. The van der Waals surface area contributed by atoms with E-state index in [9.17, 15) is 0 Å². The van der Waals surface area contributed by atoms with Crippen molar-refractivity contribution in [2.24, 2.45) is 11.8 Å². The van der Waals surface area contributed by atoms with Crippen LogP contribution in [-0.4, -0.2) is 26.2 Å². The molecule has 1 aromatic rings. The van der Waals surface area contributed by atoms with Crippen molar-refractivity contribution < 1.29 is 4.42 Å². The van der Waals surface area contributed by atoms with Gasteiger partial charge in [0.1, 0.15) is 8.07 Å². The minimum absolute atomic E-state index is 0.448. The summed E-state index contributed by atoms with van der Waals surface area (Å²) >= 11 is 0. The van der Waals surface area contributed by atoms with Gasteiger partial charge in [0.05, 0.1) is 11.6 Å². The number of furan rings is 1. The van der Waals surface area contributed by atoms with Crippen LogP contribution in [0.1, 0.15) is 104 Å². The molecule has 0 saturated heterocycles. The topological polar surface area (TPSA) is 42.4 Å². The summed E-state index contributed by atoms with van der Waals surface area (Å²) in [6.45, 7) is 11.7. The molecule has 1 heterocycles. The standard InChI is InChI=1S/C26H52N2OSi/c1-7-11-12-13-14-15-16-18-24(23(5)28(6)27)19-17-20-25-21-22-29-26(25)30(8-2,9-3)10-4/h21-24H,7-20,27H2,1-6H3. The van der Waals surface area contributed by atoms with Gasteiger partial charge in [0.2, 0.25) is 0 Å². The summed E-state index contributed by atoms with van der Waals surface area (Å²) in [5.41, 5.74) is 1.50. The van der Waals surface area contributed by atoms with E-state index in [2.05, 4.69) is 40.7 Å². The van der Waals surface area contributed by atoms with Gasteiger partial charge < -0.3 is 4.42 Å². The largest absolute Gasteiger partial charge is 0.474 e. The highest BCUT2D eigenvalue weighted by molar-refractivity contribution is 6.91. The van der Waals surface area contributed by atoms with Crippen molar-refractivity contribution in [1.29, 1.82) is 0 Å². The smallest absolute Gasteiger partial charge is 0.131 e. The summed E-state index contributed by atoms with van der Waals surface area (Å²) in [4.78, 5) is 0. The predicted octanol–water partition coefficient (Wildman–Crippen LogP) is 7.27. The average molecular weight is 437 g/mol. The molecule has 0 aromatic carbocycles. The zero-order chi connectivity index (χ0) is 22.4. The van der Waals surface area contributed by atoms with Gasteiger partial charge in [-0.1, -0.05) is 90.8 Å². The first kappa shape index (κ1) is 27.5. The maximum absolute atomic E-state index is 6.15. The number of hydrogen-bond acceptors (Lipinski definition) is 3. The van der Waals surface area contributed by atoms with E-state index < -0.39 is 8.07 Å². The summed E-state index contributed by atoms with van der Waals surface area (Å²) in [5, 5.41) is 3.32. The van der Waals surface area contributed by atoms with Gasteiger partial charge in [-0.2, -0.15) is 0 Å². The molecular formula is C26H52N2OSi. The highest BCUT2D eigenvalue weighted by Gasteiger charge is 2.34. The van der Waals surface area contributed by atoms with E-state index in [0.29, 0.717) is 12.0 Å². The predicted molar refractivity (Wildman–Crippen MR) is 136 cm³/mol. The van der Waals surface area contributed by atoms with E-state index in [4.69, 9.17) is 10.3 Å². The fourth-order valence-electron chi connectivity index (χ4n) is 5.11. The van der Waals surface area contributed by atoms with Gasteiger partial charge in [0.15, 0.2) is 0 Å². The van der Waals surface area contributed by atoms with Gasteiger partial charge in [-0.3, -0.25) is 5.84 Å². The van der Waals surface area contributed by atoms with Gasteiger partial charge in [0, 0.05) is 13.1 Å². The summed E-state index contributed by atoms with van der Waals surface area (Å²) in [5.74, 6) is 6.84. The molecule has 2 atom stereocenters. The molecule has 3 nitrogen and oxygen atoms in total. The van der Waals surface area contributed by atoms with Crippen molar-refractivity contribution >= 4 is 13.5 Å². The van der Waals surface area contributed by atoms with E-state index in [0.717, 1.165) is 6.42 Å². The average Bonchev–Trinajstić information content (AvgIpc) is 3.22. The highest BCUT2D eigenvalue weighted by Crippen LogP contribution is 2.26. The Morgan fingerprint density at radius 1 is 0.900 bits per heavy atom. The Kier molecular flexibility index (Phi) is 14.0. The number of aryl methyl sites for hydroxylation is 1. The number of nitrogens with zero attached hydrogens (tertiary/aromatic N) is 1. The molecule has 1 aromatic heterocycles. The normalized spacial score (nSPS) is 14.4. The molecule has 0 aliphatic carbocycles. The third kappa shape index (κ3) is 8.51. The molecule has 4 heteroatoms. The summed E-state index contributed by atoms with van der Waals surface area (Å²) in [6.07, 6.45) is 16.6. The van der Waals surface area contributed by atoms with Crippen molar-refractivity contribution in [3.63, 3.8) is 0 Å². The zero-order valence-corrected chi connectivity index (χ0v) is 22.1. The Balaban J connectivity index is 2.57. The van der Waals surface area contributed by atoms with E-state index >= 15 is 0 Å². The molecule has 30 heavy (non-hydrogen) atoms. The maximum Gasteiger partial charge on any atom is 0.131 e. The van der Waals surface area contributed by atoms with Crippen LogP contribution in [0.15, 0.2) is 16.7 Å². The lowest BCUT2D eigenvalue weighted by molar-refractivity contribution is 0.173. The third-order valence-electron chi connectivity index (χ3n) is 7.78. The second-order valence-electron chi connectivity index (χ2n) is 9.58. The van der Waals surface area contributed by atoms with Crippen molar-refractivity contribution in [3.8, 4) is 0 Å². The van der Waals surface area contributed by atoms with Crippen LogP contribution < -0.4 is 11.2 Å². The van der Waals surface area contributed by atoms with Crippen molar-refractivity contribution in [2.75, 3.05) is 7.05 Å². The van der Waals surface area contributed by atoms with Crippen LogP contribution in [0.3, 0.4) is 0 Å². The Labute approximate surface area is 189 Å². The van der Waals surface area contributed by atoms with Gasteiger partial charge in [-0.05, 0) is 50.2 Å². The molecule has 0 spiro atoms. The van der Waals surface area contributed by atoms with Crippen molar-refractivity contribution in [3.05, 3.63) is 17.9 Å². The molecule has 2 unspecified atom stereocenters. The zero-order valence-electron chi connectivity index (χ0n) is 21.1. The number of hydrogen-bond donors (Lipinski definition) is 1. The molecule has 0 saturated carbocycles. The van der Waals surface area contributed by atoms with Crippen LogP contribution in [0.2, 0.25) is 18.1 Å². The quantitative estimate of drug-likeness (QED) is 0.114. The Bertz CT molecular complexity index is 531. The van der Waals surface area contributed by atoms with E-state index in [1.54, 1.807) is 0 Å². The van der Waals surface area contributed by atoms with Crippen LogP contribution in [0.25, 0.3) is 0 Å². The van der Waals surface area contributed by atoms with Crippen LogP contribution in [0.5, 0.6) is 0 Å². The van der Waals surface area contributed by atoms with Crippen LogP contribution in [-0.2, 0) is 6.42 Å². The number of nitrogens with two attached hydrogens (primary N) is 1. The molecule has 2 N–H and O–H groups in total. The number of hydrazine groups is 1. The molecule has 0 fully saturated rings. The van der Waals surface area contributed by atoms with E-state index in [1.165, 1.54) is 93.3 Å². The summed E-state index contributed by atoms with van der Waals surface area (Å²) in [6, 6.07) is 6.56. The first-order valence-electron chi connectivity index (χ1n) is 13.0. The SMILES string of the molecule is CCCCCCCCCC(CCCc1ccoc1[Si](CC)(CC)CC)C(C)N(C)N. The lowest BCUT2D eigenvalue weighted by atomic mass is 9.88. The minimum Gasteiger partial charge on any atom is -0.474 e. The second kappa shape index (κ2) is 15.3. The van der Waals surface area contributed by atoms with Gasteiger partial charge in [0.25, 0.3) is 0 Å². The number of rotatable bonds is 18. The molecule has 1 rings (SSSR count). The van der Waals surface area contributed by atoms with Gasteiger partial charge in [-0.25, -0.2) is 5.01 Å². The summed E-state index contributed by atoms with van der Waals surface area (Å²) < 4.78 is 6.10. The highest BCUT2D eigenvalue weighted by atomic mass is 28.3. The second-order valence-corrected chi connectivity index (χ2v) is 14.7. The lowest BCUT2D eigenvalue weighted by Crippen LogP contribution is -2.46. The summed E-state index contributed by atoms with van der Waals surface area (Å²) in [7, 11) is 0.590. The third-order valence-corrected chi connectivity index (χ3v) is 13.2. The molecule has 0 aliphatic rings. The number of unbranched alkanes of at least 4 members (excludes halogenated alkanes) is 6. The first-order chi connectivity index (χ1) is 14.5.